The van der Waals surface area contributed by atoms with Crippen LogP contribution < -0.4 is 0 Å². The first-order valence-corrected chi connectivity index (χ1v) is 3.08. The molecule has 1 saturated heterocycles. The zero-order valence-electron chi connectivity index (χ0n) is 5.83. The molecule has 1 aliphatic heterocycles. The number of ketones is 1. The molecule has 0 aliphatic carbocycles. The van der Waals surface area contributed by atoms with Crippen LogP contribution in [0, 0.1) is 5.92 Å². The lowest BCUT2D eigenvalue weighted by Gasteiger charge is -2.33. The normalized spacial score (nSPS) is 23.9. The van der Waals surface area contributed by atoms with Gasteiger partial charge in [0.05, 0.1) is 0 Å². The lowest BCUT2D eigenvalue weighted by molar-refractivity contribution is -0.149. The zero-order valence-corrected chi connectivity index (χ0v) is 5.83. The van der Waals surface area contributed by atoms with Crippen molar-refractivity contribution in [1.29, 1.82) is 0 Å². The van der Waals surface area contributed by atoms with E-state index in [2.05, 4.69) is 6.58 Å². The fourth-order valence-corrected chi connectivity index (χ4v) is 0.949. The molecule has 54 valence electrons. The predicted molar refractivity (Wildman–Crippen MR) is 36.3 cm³/mol. The van der Waals surface area contributed by atoms with E-state index in [0.717, 1.165) is 0 Å². The van der Waals surface area contributed by atoms with Crippen LogP contribution in [-0.2, 0) is 9.59 Å². The summed E-state index contributed by atoms with van der Waals surface area (Å²) in [5, 5.41) is 0. The van der Waals surface area contributed by atoms with Gasteiger partial charge < -0.3 is 4.90 Å². The SMILES string of the molecule is C=CC(=O)C1CN(C)C1=O. The maximum Gasteiger partial charge on any atom is 0.235 e. The summed E-state index contributed by atoms with van der Waals surface area (Å²) in [6.07, 6.45) is 1.20. The summed E-state index contributed by atoms with van der Waals surface area (Å²) >= 11 is 0. The van der Waals surface area contributed by atoms with E-state index in [4.69, 9.17) is 0 Å². The number of β-lactam (4-membered cyclic amide) rings is 1. The summed E-state index contributed by atoms with van der Waals surface area (Å²) in [6.45, 7) is 3.85. The minimum Gasteiger partial charge on any atom is -0.344 e. The third kappa shape index (κ3) is 0.835. The van der Waals surface area contributed by atoms with Gasteiger partial charge in [-0.05, 0) is 6.08 Å². The second-order valence-electron chi connectivity index (χ2n) is 2.38. The number of rotatable bonds is 2. The highest BCUT2D eigenvalue weighted by molar-refractivity contribution is 6.09. The number of amides is 1. The number of carbonyl (C=O) groups excluding carboxylic acids is 2. The van der Waals surface area contributed by atoms with E-state index < -0.39 is 5.92 Å². The molecule has 10 heavy (non-hydrogen) atoms. The van der Waals surface area contributed by atoms with Gasteiger partial charge in [0.15, 0.2) is 5.78 Å². The Bertz CT molecular complexity index is 198. The van der Waals surface area contributed by atoms with Crippen molar-refractivity contribution in [3.05, 3.63) is 12.7 Å². The van der Waals surface area contributed by atoms with Crippen molar-refractivity contribution in [3.8, 4) is 0 Å². The topological polar surface area (TPSA) is 37.4 Å². The molecule has 3 heteroatoms. The smallest absolute Gasteiger partial charge is 0.235 e. The van der Waals surface area contributed by atoms with Gasteiger partial charge in [-0.1, -0.05) is 6.58 Å². The highest BCUT2D eigenvalue weighted by Gasteiger charge is 2.37. The number of likely N-dealkylation sites (tertiary alicyclic amines) is 1. The fraction of sp³-hybridized carbons (Fsp3) is 0.429. The fourth-order valence-electron chi connectivity index (χ4n) is 0.949. The quantitative estimate of drug-likeness (QED) is 0.302. The van der Waals surface area contributed by atoms with Crippen molar-refractivity contribution < 1.29 is 9.59 Å². The van der Waals surface area contributed by atoms with Crippen molar-refractivity contribution in [1.82, 2.24) is 4.90 Å². The molecule has 0 spiro atoms. The summed E-state index contributed by atoms with van der Waals surface area (Å²) in [5.41, 5.74) is 0. The number of allylic oxidation sites excluding steroid dienone is 1. The summed E-state index contributed by atoms with van der Waals surface area (Å²) in [7, 11) is 1.68. The van der Waals surface area contributed by atoms with Crippen molar-refractivity contribution in [2.75, 3.05) is 13.6 Å². The van der Waals surface area contributed by atoms with Crippen molar-refractivity contribution >= 4 is 11.7 Å². The van der Waals surface area contributed by atoms with Crippen LogP contribution in [0.15, 0.2) is 12.7 Å². The molecule has 1 aliphatic rings. The number of hydrogen-bond acceptors (Lipinski definition) is 2. The van der Waals surface area contributed by atoms with Crippen LogP contribution in [0.5, 0.6) is 0 Å². The molecule has 0 aromatic rings. The van der Waals surface area contributed by atoms with E-state index >= 15 is 0 Å². The highest BCUT2D eigenvalue weighted by atomic mass is 16.2. The minimum atomic E-state index is -0.428. The first-order chi connectivity index (χ1) is 4.66. The van der Waals surface area contributed by atoms with Gasteiger partial charge in [0.2, 0.25) is 5.91 Å². The minimum absolute atomic E-state index is 0.0927. The Kier molecular flexibility index (Phi) is 1.57. The van der Waals surface area contributed by atoms with Crippen LogP contribution in [0.25, 0.3) is 0 Å². The third-order valence-corrected chi connectivity index (χ3v) is 1.68. The summed E-state index contributed by atoms with van der Waals surface area (Å²) < 4.78 is 0. The third-order valence-electron chi connectivity index (χ3n) is 1.68. The lowest BCUT2D eigenvalue weighted by Crippen LogP contribution is -2.52. The molecule has 1 unspecified atom stereocenters. The van der Waals surface area contributed by atoms with Crippen LogP contribution in [0.1, 0.15) is 0 Å². The van der Waals surface area contributed by atoms with Gasteiger partial charge in [-0.3, -0.25) is 9.59 Å². The Morgan fingerprint density at radius 3 is 2.80 bits per heavy atom. The van der Waals surface area contributed by atoms with E-state index in [0.29, 0.717) is 6.54 Å². The molecule has 0 aromatic heterocycles. The number of carbonyl (C=O) groups is 2. The average molecular weight is 139 g/mol. The van der Waals surface area contributed by atoms with Gasteiger partial charge in [-0.25, -0.2) is 0 Å². The second kappa shape index (κ2) is 2.25. The first-order valence-electron chi connectivity index (χ1n) is 3.08. The highest BCUT2D eigenvalue weighted by Crippen LogP contribution is 2.15. The van der Waals surface area contributed by atoms with Crippen LogP contribution in [0.3, 0.4) is 0 Å². The van der Waals surface area contributed by atoms with Gasteiger partial charge in [0, 0.05) is 13.6 Å². The van der Waals surface area contributed by atoms with Gasteiger partial charge in [-0.2, -0.15) is 0 Å². The molecule has 1 rings (SSSR count). The van der Waals surface area contributed by atoms with Crippen LogP contribution in [-0.4, -0.2) is 30.2 Å². The molecular weight excluding hydrogens is 130 g/mol. The lowest BCUT2D eigenvalue weighted by atomic mass is 9.95. The molecule has 0 saturated carbocycles. The molecule has 0 bridgehead atoms. The molecule has 1 heterocycles. The Balaban J connectivity index is 2.55. The maximum absolute atomic E-state index is 10.8. The van der Waals surface area contributed by atoms with E-state index in [1.807, 2.05) is 0 Å². The second-order valence-corrected chi connectivity index (χ2v) is 2.38. The molecule has 1 atom stereocenters. The molecule has 1 amide bonds. The van der Waals surface area contributed by atoms with Gasteiger partial charge in [-0.15, -0.1) is 0 Å². The van der Waals surface area contributed by atoms with Crippen LogP contribution in [0.2, 0.25) is 0 Å². The van der Waals surface area contributed by atoms with E-state index in [-0.39, 0.29) is 11.7 Å². The van der Waals surface area contributed by atoms with Crippen molar-refractivity contribution in [2.24, 2.45) is 5.92 Å². The Hall–Kier alpha value is -1.12. The van der Waals surface area contributed by atoms with Crippen molar-refractivity contribution in [3.63, 3.8) is 0 Å². The molecule has 3 nitrogen and oxygen atoms in total. The van der Waals surface area contributed by atoms with E-state index in [1.165, 1.54) is 11.0 Å². The monoisotopic (exact) mass is 139 g/mol. The number of nitrogens with zero attached hydrogens (tertiary/aromatic N) is 1. The van der Waals surface area contributed by atoms with Crippen LogP contribution >= 0.6 is 0 Å². The maximum atomic E-state index is 10.8. The standard InChI is InChI=1S/C7H9NO2/c1-3-6(9)5-4-8(2)7(5)10/h3,5H,1,4H2,2H3. The Morgan fingerprint density at radius 1 is 1.90 bits per heavy atom. The van der Waals surface area contributed by atoms with Gasteiger partial charge in [0.25, 0.3) is 0 Å². The Labute approximate surface area is 59.3 Å². The largest absolute Gasteiger partial charge is 0.344 e. The molecular formula is C7H9NO2. The zero-order chi connectivity index (χ0) is 7.72. The average Bonchev–Trinajstić information content (AvgIpc) is 1.98. The first kappa shape index (κ1) is 6.99. The summed E-state index contributed by atoms with van der Waals surface area (Å²) in [5.74, 6) is -0.685. The molecule has 1 fully saturated rings. The molecule has 0 N–H and O–H groups in total. The Morgan fingerprint density at radius 2 is 2.50 bits per heavy atom. The van der Waals surface area contributed by atoms with Crippen molar-refractivity contribution in [2.45, 2.75) is 0 Å². The van der Waals surface area contributed by atoms with Gasteiger partial charge in [0.1, 0.15) is 5.92 Å². The van der Waals surface area contributed by atoms with Gasteiger partial charge >= 0.3 is 0 Å². The summed E-state index contributed by atoms with van der Waals surface area (Å²) in [6, 6.07) is 0. The van der Waals surface area contributed by atoms with Crippen LogP contribution in [0.4, 0.5) is 0 Å². The number of hydrogen-bond donors (Lipinski definition) is 0. The predicted octanol–water partition coefficient (Wildman–Crippen LogP) is -0.170. The molecule has 0 radical (unpaired) electrons. The van der Waals surface area contributed by atoms with E-state index in [1.54, 1.807) is 7.05 Å². The van der Waals surface area contributed by atoms with E-state index in [9.17, 15) is 9.59 Å². The molecule has 0 aromatic carbocycles. The summed E-state index contributed by atoms with van der Waals surface area (Å²) in [4.78, 5) is 23.1.